The van der Waals surface area contributed by atoms with E-state index in [9.17, 15) is 0 Å². The maximum Gasteiger partial charge on any atom is 0.119 e. The molecule has 96 valence electrons. The van der Waals surface area contributed by atoms with Crippen LogP contribution in [0.1, 0.15) is 44.6 Å². The predicted molar refractivity (Wildman–Crippen MR) is 73.5 cm³/mol. The van der Waals surface area contributed by atoms with Crippen molar-refractivity contribution in [3.63, 3.8) is 0 Å². The molecule has 1 aromatic rings. The van der Waals surface area contributed by atoms with E-state index >= 15 is 0 Å². The summed E-state index contributed by atoms with van der Waals surface area (Å²) in [6.07, 6.45) is 6.43. The van der Waals surface area contributed by atoms with Crippen LogP contribution in [-0.4, -0.2) is 13.7 Å². The van der Waals surface area contributed by atoms with Crippen LogP contribution in [0.4, 0.5) is 0 Å². The fourth-order valence-corrected chi connectivity index (χ4v) is 1.80. The molecule has 17 heavy (non-hydrogen) atoms. The quantitative estimate of drug-likeness (QED) is 0.658. The SMILES string of the molecule is CCCCCCCOc1ccc(CNC)cc1. The Morgan fingerprint density at radius 1 is 1.00 bits per heavy atom. The maximum atomic E-state index is 5.70. The first kappa shape index (κ1) is 14.0. The van der Waals surface area contributed by atoms with Crippen LogP contribution in [0.15, 0.2) is 24.3 Å². The number of benzene rings is 1. The first-order valence-electron chi connectivity index (χ1n) is 6.73. The molecule has 0 bridgehead atoms. The van der Waals surface area contributed by atoms with Crippen molar-refractivity contribution in [2.45, 2.75) is 45.6 Å². The molecule has 2 heteroatoms. The zero-order valence-corrected chi connectivity index (χ0v) is 11.2. The maximum absolute atomic E-state index is 5.70. The summed E-state index contributed by atoms with van der Waals surface area (Å²) in [7, 11) is 1.96. The fourth-order valence-electron chi connectivity index (χ4n) is 1.80. The molecule has 1 rings (SSSR count). The molecule has 0 aromatic heterocycles. The lowest BCUT2D eigenvalue weighted by molar-refractivity contribution is 0.304. The molecule has 0 spiro atoms. The van der Waals surface area contributed by atoms with E-state index in [1.807, 2.05) is 7.05 Å². The third-order valence-corrected chi connectivity index (χ3v) is 2.82. The van der Waals surface area contributed by atoms with Gasteiger partial charge in [-0.2, -0.15) is 0 Å². The molecule has 2 nitrogen and oxygen atoms in total. The molecule has 1 N–H and O–H groups in total. The van der Waals surface area contributed by atoms with Gasteiger partial charge in [0.2, 0.25) is 0 Å². The molecule has 0 amide bonds. The Morgan fingerprint density at radius 3 is 2.35 bits per heavy atom. The minimum absolute atomic E-state index is 0.842. The van der Waals surface area contributed by atoms with E-state index in [1.54, 1.807) is 0 Å². The Balaban J connectivity index is 2.14. The number of unbranched alkanes of at least 4 members (excludes halogenated alkanes) is 4. The van der Waals surface area contributed by atoms with Gasteiger partial charge in [-0.3, -0.25) is 0 Å². The summed E-state index contributed by atoms with van der Waals surface area (Å²) in [5.74, 6) is 0.986. The Kier molecular flexibility index (Phi) is 7.48. The smallest absolute Gasteiger partial charge is 0.119 e. The van der Waals surface area contributed by atoms with Gasteiger partial charge in [-0.1, -0.05) is 44.7 Å². The van der Waals surface area contributed by atoms with Crippen molar-refractivity contribution >= 4 is 0 Å². The molecule has 0 radical (unpaired) electrons. The molecule has 0 aliphatic rings. The standard InChI is InChI=1S/C15H25NO/c1-3-4-5-6-7-12-17-15-10-8-14(9-11-15)13-16-2/h8-11,16H,3-7,12-13H2,1-2H3. The van der Waals surface area contributed by atoms with Gasteiger partial charge in [-0.15, -0.1) is 0 Å². The number of hydrogen-bond donors (Lipinski definition) is 1. The van der Waals surface area contributed by atoms with Gasteiger partial charge >= 0.3 is 0 Å². The van der Waals surface area contributed by atoms with Gasteiger partial charge in [0, 0.05) is 6.54 Å². The summed E-state index contributed by atoms with van der Waals surface area (Å²) in [6, 6.07) is 8.34. The van der Waals surface area contributed by atoms with E-state index in [-0.39, 0.29) is 0 Å². The van der Waals surface area contributed by atoms with E-state index in [0.717, 1.165) is 25.3 Å². The molecule has 0 unspecified atom stereocenters. The van der Waals surface area contributed by atoms with Crippen molar-refractivity contribution in [1.29, 1.82) is 0 Å². The van der Waals surface area contributed by atoms with Crippen LogP contribution in [0.25, 0.3) is 0 Å². The van der Waals surface area contributed by atoms with Crippen molar-refractivity contribution in [2.75, 3.05) is 13.7 Å². The molecule has 0 heterocycles. The summed E-state index contributed by atoms with van der Waals surface area (Å²) in [4.78, 5) is 0. The number of nitrogens with one attached hydrogen (secondary N) is 1. The first-order valence-corrected chi connectivity index (χ1v) is 6.73. The molecule has 0 saturated carbocycles. The lowest BCUT2D eigenvalue weighted by atomic mass is 10.2. The zero-order valence-electron chi connectivity index (χ0n) is 11.2. The van der Waals surface area contributed by atoms with E-state index in [2.05, 4.69) is 36.5 Å². The first-order chi connectivity index (χ1) is 8.36. The average Bonchev–Trinajstić information content (AvgIpc) is 2.36. The topological polar surface area (TPSA) is 21.3 Å². The minimum Gasteiger partial charge on any atom is -0.494 e. The van der Waals surface area contributed by atoms with E-state index in [0.29, 0.717) is 0 Å². The zero-order chi connectivity index (χ0) is 12.3. The summed E-state index contributed by atoms with van der Waals surface area (Å²) in [5, 5.41) is 3.13. The van der Waals surface area contributed by atoms with Crippen molar-refractivity contribution in [3.05, 3.63) is 29.8 Å². The molecule has 0 atom stereocenters. The Hall–Kier alpha value is -1.02. The van der Waals surface area contributed by atoms with Crippen LogP contribution in [0, 0.1) is 0 Å². The van der Waals surface area contributed by atoms with Crippen LogP contribution in [0.3, 0.4) is 0 Å². The molecular weight excluding hydrogens is 210 g/mol. The number of rotatable bonds is 9. The summed E-state index contributed by atoms with van der Waals surface area (Å²) < 4.78 is 5.70. The van der Waals surface area contributed by atoms with Crippen molar-refractivity contribution < 1.29 is 4.74 Å². The van der Waals surface area contributed by atoms with Gasteiger partial charge in [-0.25, -0.2) is 0 Å². The predicted octanol–water partition coefficient (Wildman–Crippen LogP) is 3.76. The van der Waals surface area contributed by atoms with E-state index in [1.165, 1.54) is 31.2 Å². The Morgan fingerprint density at radius 2 is 1.71 bits per heavy atom. The monoisotopic (exact) mass is 235 g/mol. The van der Waals surface area contributed by atoms with Crippen molar-refractivity contribution in [1.82, 2.24) is 5.32 Å². The van der Waals surface area contributed by atoms with E-state index in [4.69, 9.17) is 4.74 Å². The highest BCUT2D eigenvalue weighted by Gasteiger charge is 1.95. The Labute approximate surface area is 105 Å². The second-order valence-electron chi connectivity index (χ2n) is 4.44. The van der Waals surface area contributed by atoms with Crippen LogP contribution in [-0.2, 0) is 6.54 Å². The normalized spacial score (nSPS) is 10.5. The van der Waals surface area contributed by atoms with Gasteiger partial charge < -0.3 is 10.1 Å². The van der Waals surface area contributed by atoms with Crippen molar-refractivity contribution in [3.8, 4) is 5.75 Å². The fraction of sp³-hybridized carbons (Fsp3) is 0.600. The second-order valence-corrected chi connectivity index (χ2v) is 4.44. The summed E-state index contributed by atoms with van der Waals surface area (Å²) in [6.45, 7) is 4.00. The molecular formula is C15H25NO. The molecule has 0 fully saturated rings. The summed E-state index contributed by atoms with van der Waals surface area (Å²) in [5.41, 5.74) is 1.29. The minimum atomic E-state index is 0.842. The van der Waals surface area contributed by atoms with Gasteiger partial charge in [0.15, 0.2) is 0 Å². The highest BCUT2D eigenvalue weighted by molar-refractivity contribution is 5.27. The lowest BCUT2D eigenvalue weighted by Crippen LogP contribution is -2.04. The van der Waals surface area contributed by atoms with Gasteiger partial charge in [0.1, 0.15) is 5.75 Å². The molecule has 0 aliphatic carbocycles. The Bertz CT molecular complexity index is 281. The van der Waals surface area contributed by atoms with Gasteiger partial charge in [0.05, 0.1) is 6.61 Å². The third kappa shape index (κ3) is 6.32. The lowest BCUT2D eigenvalue weighted by Gasteiger charge is -2.07. The highest BCUT2D eigenvalue weighted by Crippen LogP contribution is 2.13. The average molecular weight is 235 g/mol. The van der Waals surface area contributed by atoms with E-state index < -0.39 is 0 Å². The highest BCUT2D eigenvalue weighted by atomic mass is 16.5. The molecule has 1 aromatic carbocycles. The van der Waals surface area contributed by atoms with Gasteiger partial charge in [-0.05, 0) is 31.2 Å². The van der Waals surface area contributed by atoms with Crippen molar-refractivity contribution in [2.24, 2.45) is 0 Å². The number of ether oxygens (including phenoxy) is 1. The third-order valence-electron chi connectivity index (χ3n) is 2.82. The second kappa shape index (κ2) is 9.06. The number of hydrogen-bond acceptors (Lipinski definition) is 2. The molecule has 0 saturated heterocycles. The molecule has 0 aliphatic heterocycles. The van der Waals surface area contributed by atoms with Crippen LogP contribution in [0.5, 0.6) is 5.75 Å². The van der Waals surface area contributed by atoms with Gasteiger partial charge in [0.25, 0.3) is 0 Å². The summed E-state index contributed by atoms with van der Waals surface area (Å²) >= 11 is 0. The van der Waals surface area contributed by atoms with Crippen LogP contribution >= 0.6 is 0 Å². The largest absolute Gasteiger partial charge is 0.494 e. The van der Waals surface area contributed by atoms with Crippen LogP contribution < -0.4 is 10.1 Å². The van der Waals surface area contributed by atoms with Crippen LogP contribution in [0.2, 0.25) is 0 Å².